The molecule has 2 rings (SSSR count). The van der Waals surface area contributed by atoms with E-state index in [1.807, 2.05) is 26.0 Å². The lowest BCUT2D eigenvalue weighted by atomic mass is 10.1. The number of benzene rings is 1. The summed E-state index contributed by atoms with van der Waals surface area (Å²) in [5.74, 6) is 0.738. The highest BCUT2D eigenvalue weighted by molar-refractivity contribution is 5.41. The van der Waals surface area contributed by atoms with Crippen molar-refractivity contribution in [2.24, 2.45) is 5.73 Å². The molecule has 0 aliphatic rings. The summed E-state index contributed by atoms with van der Waals surface area (Å²) >= 11 is 0. The third kappa shape index (κ3) is 2.96. The molecule has 0 aliphatic carbocycles. The highest BCUT2D eigenvalue weighted by Gasteiger charge is 2.15. The fraction of sp³-hybridized carbons (Fsp3) is 0.312. The minimum atomic E-state index is -0.435. The molecule has 0 saturated carbocycles. The molecular formula is C16H19FN2O. The number of hydrogen-bond donors (Lipinski definition) is 1. The first kappa shape index (κ1) is 14.5. The molecule has 0 aliphatic heterocycles. The highest BCUT2D eigenvalue weighted by Crippen LogP contribution is 2.32. The summed E-state index contributed by atoms with van der Waals surface area (Å²) in [6.07, 6.45) is 0.750. The second-order valence-electron chi connectivity index (χ2n) is 4.79. The van der Waals surface area contributed by atoms with E-state index in [0.717, 1.165) is 17.8 Å². The van der Waals surface area contributed by atoms with Crippen LogP contribution in [0.4, 0.5) is 4.39 Å². The third-order valence-electron chi connectivity index (χ3n) is 3.09. The van der Waals surface area contributed by atoms with E-state index in [9.17, 15) is 4.39 Å². The summed E-state index contributed by atoms with van der Waals surface area (Å²) in [6, 6.07) is 8.02. The first-order valence-electron chi connectivity index (χ1n) is 6.71. The maximum Gasteiger partial charge on any atom is 0.148 e. The molecule has 1 unspecified atom stereocenters. The van der Waals surface area contributed by atoms with E-state index in [4.69, 9.17) is 10.5 Å². The maximum atomic E-state index is 13.9. The quantitative estimate of drug-likeness (QED) is 0.919. The highest BCUT2D eigenvalue weighted by atomic mass is 19.1. The molecule has 0 saturated heterocycles. The van der Waals surface area contributed by atoms with Gasteiger partial charge in [0, 0.05) is 17.3 Å². The number of halogens is 1. The summed E-state index contributed by atoms with van der Waals surface area (Å²) in [5, 5.41) is 0. The predicted molar refractivity (Wildman–Crippen MR) is 77.4 cm³/mol. The molecule has 4 heteroatoms. The zero-order valence-electron chi connectivity index (χ0n) is 12.0. The van der Waals surface area contributed by atoms with Crippen molar-refractivity contribution in [3.05, 3.63) is 53.1 Å². The van der Waals surface area contributed by atoms with Gasteiger partial charge in [-0.15, -0.1) is 0 Å². The summed E-state index contributed by atoms with van der Waals surface area (Å²) in [7, 11) is 0. The first-order chi connectivity index (χ1) is 9.52. The second-order valence-corrected chi connectivity index (χ2v) is 4.79. The molecule has 1 atom stereocenters. The molecule has 0 amide bonds. The van der Waals surface area contributed by atoms with Crippen molar-refractivity contribution in [2.45, 2.75) is 33.2 Å². The predicted octanol–water partition coefficient (Wildman–Crippen LogP) is 3.90. The van der Waals surface area contributed by atoms with Gasteiger partial charge in [0.25, 0.3) is 0 Å². The summed E-state index contributed by atoms with van der Waals surface area (Å²) in [6.45, 7) is 5.67. The number of aromatic nitrogens is 1. The molecule has 1 aromatic heterocycles. The number of nitrogens with two attached hydrogens (primary N) is 1. The summed E-state index contributed by atoms with van der Waals surface area (Å²) in [5.41, 5.74) is 8.00. The van der Waals surface area contributed by atoms with Crippen LogP contribution in [-0.2, 0) is 6.42 Å². The minimum absolute atomic E-state index is 0.351. The Kier molecular flexibility index (Phi) is 4.35. The molecule has 3 nitrogen and oxygen atoms in total. The molecule has 1 aromatic carbocycles. The van der Waals surface area contributed by atoms with E-state index in [1.54, 1.807) is 19.1 Å². The van der Waals surface area contributed by atoms with E-state index >= 15 is 0 Å². The van der Waals surface area contributed by atoms with Gasteiger partial charge in [-0.3, -0.25) is 4.98 Å². The van der Waals surface area contributed by atoms with Crippen LogP contribution >= 0.6 is 0 Å². The first-order valence-corrected chi connectivity index (χ1v) is 6.71. The van der Waals surface area contributed by atoms with Crippen LogP contribution in [0.3, 0.4) is 0 Å². The van der Waals surface area contributed by atoms with Crippen molar-refractivity contribution < 1.29 is 9.13 Å². The number of rotatable bonds is 4. The Hall–Kier alpha value is -1.94. The van der Waals surface area contributed by atoms with Crippen LogP contribution in [0.25, 0.3) is 0 Å². The Bertz CT molecular complexity index is 611. The monoisotopic (exact) mass is 274 g/mol. The van der Waals surface area contributed by atoms with Crippen LogP contribution in [0.2, 0.25) is 0 Å². The van der Waals surface area contributed by atoms with Crippen LogP contribution < -0.4 is 10.5 Å². The lowest BCUT2D eigenvalue weighted by Gasteiger charge is -2.16. The van der Waals surface area contributed by atoms with Gasteiger partial charge in [-0.05, 0) is 44.5 Å². The van der Waals surface area contributed by atoms with Crippen molar-refractivity contribution >= 4 is 0 Å². The fourth-order valence-corrected chi connectivity index (χ4v) is 2.11. The number of ether oxygens (including phenoxy) is 1. The average molecular weight is 274 g/mol. The molecule has 106 valence electrons. The molecule has 1 heterocycles. The van der Waals surface area contributed by atoms with Crippen LogP contribution in [0.1, 0.15) is 36.8 Å². The number of nitrogens with zero attached hydrogens (tertiary/aromatic N) is 1. The topological polar surface area (TPSA) is 48.1 Å². The molecule has 0 bridgehead atoms. The molecule has 20 heavy (non-hydrogen) atoms. The lowest BCUT2D eigenvalue weighted by Crippen LogP contribution is -2.09. The van der Waals surface area contributed by atoms with Gasteiger partial charge in [0.1, 0.15) is 17.3 Å². The molecular weight excluding hydrogens is 255 g/mol. The molecule has 0 spiro atoms. The van der Waals surface area contributed by atoms with Crippen molar-refractivity contribution in [3.8, 4) is 11.5 Å². The van der Waals surface area contributed by atoms with Gasteiger partial charge >= 0.3 is 0 Å². The summed E-state index contributed by atoms with van der Waals surface area (Å²) in [4.78, 5) is 4.43. The van der Waals surface area contributed by atoms with Crippen molar-refractivity contribution in [2.75, 3.05) is 0 Å². The van der Waals surface area contributed by atoms with E-state index in [-0.39, 0.29) is 5.82 Å². The fourth-order valence-electron chi connectivity index (χ4n) is 2.11. The van der Waals surface area contributed by atoms with Gasteiger partial charge in [-0.25, -0.2) is 4.39 Å². The largest absolute Gasteiger partial charge is 0.455 e. The van der Waals surface area contributed by atoms with Crippen molar-refractivity contribution in [1.29, 1.82) is 0 Å². The number of pyridine rings is 1. The van der Waals surface area contributed by atoms with Gasteiger partial charge in [-0.1, -0.05) is 13.0 Å². The number of hydrogen-bond acceptors (Lipinski definition) is 3. The van der Waals surface area contributed by atoms with Crippen LogP contribution in [-0.4, -0.2) is 4.98 Å². The molecule has 0 fully saturated rings. The lowest BCUT2D eigenvalue weighted by molar-refractivity contribution is 0.453. The average Bonchev–Trinajstić information content (AvgIpc) is 2.40. The van der Waals surface area contributed by atoms with Gasteiger partial charge in [-0.2, -0.15) is 0 Å². The summed E-state index contributed by atoms with van der Waals surface area (Å²) < 4.78 is 19.7. The van der Waals surface area contributed by atoms with Gasteiger partial charge in [0.05, 0.1) is 5.69 Å². The van der Waals surface area contributed by atoms with Gasteiger partial charge in [0.2, 0.25) is 0 Å². The van der Waals surface area contributed by atoms with E-state index in [1.165, 1.54) is 6.07 Å². The third-order valence-corrected chi connectivity index (χ3v) is 3.09. The van der Waals surface area contributed by atoms with Crippen LogP contribution in [0.5, 0.6) is 11.5 Å². The zero-order chi connectivity index (χ0) is 14.7. The van der Waals surface area contributed by atoms with E-state index < -0.39 is 6.04 Å². The van der Waals surface area contributed by atoms with Crippen molar-refractivity contribution in [3.63, 3.8) is 0 Å². The van der Waals surface area contributed by atoms with E-state index in [0.29, 0.717) is 17.1 Å². The maximum absolute atomic E-state index is 13.9. The zero-order valence-corrected chi connectivity index (χ0v) is 12.0. The van der Waals surface area contributed by atoms with Crippen LogP contribution in [0, 0.1) is 12.7 Å². The molecule has 0 radical (unpaired) electrons. The molecule has 2 aromatic rings. The van der Waals surface area contributed by atoms with E-state index in [2.05, 4.69) is 4.98 Å². The van der Waals surface area contributed by atoms with Gasteiger partial charge in [0.15, 0.2) is 0 Å². The Morgan fingerprint density at radius 2 is 2.00 bits per heavy atom. The van der Waals surface area contributed by atoms with Crippen molar-refractivity contribution in [1.82, 2.24) is 4.98 Å². The normalized spacial score (nSPS) is 12.2. The Morgan fingerprint density at radius 1 is 1.25 bits per heavy atom. The SMILES string of the molecule is CCc1nc(C)ccc1Oc1cccc(F)c1C(C)N. The Morgan fingerprint density at radius 3 is 2.65 bits per heavy atom. The second kappa shape index (κ2) is 6.01. The Balaban J connectivity index is 2.43. The smallest absolute Gasteiger partial charge is 0.148 e. The Labute approximate surface area is 118 Å². The van der Waals surface area contributed by atoms with Crippen LogP contribution in [0.15, 0.2) is 30.3 Å². The minimum Gasteiger partial charge on any atom is -0.455 e. The molecule has 2 N–H and O–H groups in total. The van der Waals surface area contributed by atoms with Gasteiger partial charge < -0.3 is 10.5 Å². The number of aryl methyl sites for hydroxylation is 2. The standard InChI is InChI=1S/C16H19FN2O/c1-4-13-14(9-8-10(2)19-13)20-15-7-5-6-12(17)16(15)11(3)18/h5-9,11H,4,18H2,1-3H3.